The molecule has 0 bridgehead atoms. The maximum atomic E-state index is 8.90. The first-order valence-electron chi connectivity index (χ1n) is 4.83. The largest absolute Gasteiger partial charge is 0.129 e. The minimum Gasteiger partial charge on any atom is -0.129 e. The zero-order chi connectivity index (χ0) is 10.7. The van der Waals surface area contributed by atoms with E-state index in [4.69, 9.17) is 5.53 Å². The van der Waals surface area contributed by atoms with Gasteiger partial charge in [-0.2, -0.15) is 0 Å². The molecule has 0 fully saturated rings. The van der Waals surface area contributed by atoms with Gasteiger partial charge in [0.05, 0.1) is 5.69 Å². The lowest BCUT2D eigenvalue weighted by atomic mass is 9.99. The monoisotopic (exact) mass is 195 g/mol. The Hall–Kier alpha value is -1.96. The maximum Gasteiger partial charge on any atom is 0.0954 e. The fourth-order valence-electron chi connectivity index (χ4n) is 1.66. The Morgan fingerprint density at radius 3 is 2.13 bits per heavy atom. The predicted molar refractivity (Wildman–Crippen MR) is 60.8 cm³/mol. The van der Waals surface area contributed by atoms with Gasteiger partial charge in [0, 0.05) is 5.56 Å². The third kappa shape index (κ3) is 1.79. The average molecular weight is 195 g/mol. The fourth-order valence-corrected chi connectivity index (χ4v) is 1.66. The van der Waals surface area contributed by atoms with Crippen LogP contribution in [0.4, 0.5) is 5.69 Å². The van der Waals surface area contributed by atoms with Crippen LogP contribution < -0.4 is 5.53 Å². The highest BCUT2D eigenvalue weighted by Gasteiger charge is 2.05. The number of aryl methyl sites for hydroxylation is 1. The molecule has 15 heavy (non-hydrogen) atoms. The Labute approximate surface area is 89.1 Å². The first-order chi connectivity index (χ1) is 7.33. The summed E-state index contributed by atoms with van der Waals surface area (Å²) < 4.78 is 0. The van der Waals surface area contributed by atoms with Crippen molar-refractivity contribution in [2.45, 2.75) is 6.92 Å². The van der Waals surface area contributed by atoms with Gasteiger partial charge < -0.3 is 0 Å². The van der Waals surface area contributed by atoms with Crippen molar-refractivity contribution < 1.29 is 0 Å². The van der Waals surface area contributed by atoms with Crippen LogP contribution in [0.5, 0.6) is 0 Å². The number of hydrogen-bond donors (Lipinski definition) is 0. The normalized spacial score (nSPS) is 9.93. The van der Waals surface area contributed by atoms with Gasteiger partial charge in [-0.15, -0.1) is 5.11 Å². The summed E-state index contributed by atoms with van der Waals surface area (Å²) in [6.45, 7) is 2.05. The van der Waals surface area contributed by atoms with Gasteiger partial charge >= 0.3 is 0 Å². The number of hydrogen-bond acceptors (Lipinski definition) is 1. The van der Waals surface area contributed by atoms with Crippen molar-refractivity contribution in [2.75, 3.05) is 0 Å². The zero-order valence-corrected chi connectivity index (χ0v) is 8.51. The lowest BCUT2D eigenvalue weighted by Crippen LogP contribution is -1.82. The topological polar surface area (TPSA) is 34.7 Å². The van der Waals surface area contributed by atoms with Crippen LogP contribution >= 0.6 is 0 Å². The Bertz CT molecular complexity index is 489. The van der Waals surface area contributed by atoms with E-state index in [9.17, 15) is 0 Å². The lowest BCUT2D eigenvalue weighted by Gasteiger charge is -2.07. The maximum absolute atomic E-state index is 8.90. The summed E-state index contributed by atoms with van der Waals surface area (Å²) in [5.41, 5.74) is 12.7. The Morgan fingerprint density at radius 2 is 1.47 bits per heavy atom. The van der Waals surface area contributed by atoms with Crippen LogP contribution in [0.2, 0.25) is 0 Å². The van der Waals surface area contributed by atoms with Crippen molar-refractivity contribution in [1.29, 1.82) is 0 Å². The summed E-state index contributed by atoms with van der Waals surface area (Å²) in [6, 6.07) is 15.6. The summed E-state index contributed by atoms with van der Waals surface area (Å²) in [6.07, 6.45) is 0. The Balaban J connectivity index is 2.64. The van der Waals surface area contributed by atoms with Crippen LogP contribution in [-0.4, -0.2) is 0 Å². The van der Waals surface area contributed by atoms with Gasteiger partial charge in [0.2, 0.25) is 0 Å². The molecule has 2 nitrogen and oxygen atoms in total. The molecule has 0 saturated carbocycles. The summed E-state index contributed by atoms with van der Waals surface area (Å²) in [5.74, 6) is 0. The molecule has 0 N–H and O–H groups in total. The average Bonchev–Trinajstić information content (AvgIpc) is 2.30. The van der Waals surface area contributed by atoms with Crippen LogP contribution in [0.25, 0.3) is 11.1 Å². The number of benzene rings is 2. The molecule has 0 aliphatic heterocycles. The van der Waals surface area contributed by atoms with Crippen LogP contribution in [0, 0.1) is 6.92 Å². The molecule has 0 aliphatic carbocycles. The van der Waals surface area contributed by atoms with Crippen LogP contribution in [0.3, 0.4) is 0 Å². The van der Waals surface area contributed by atoms with Gasteiger partial charge in [0.25, 0.3) is 0 Å². The summed E-state index contributed by atoms with van der Waals surface area (Å²) in [4.78, 5) is 0. The van der Waals surface area contributed by atoms with E-state index in [-0.39, 0.29) is 0 Å². The highest BCUT2D eigenvalue weighted by molar-refractivity contribution is 5.77. The first-order valence-corrected chi connectivity index (χ1v) is 4.83. The van der Waals surface area contributed by atoms with Crippen molar-refractivity contribution in [3.63, 3.8) is 0 Å². The second-order valence-electron chi connectivity index (χ2n) is 3.43. The second kappa shape index (κ2) is 4.05. The van der Waals surface area contributed by atoms with E-state index in [2.05, 4.69) is 5.11 Å². The summed E-state index contributed by atoms with van der Waals surface area (Å²) >= 11 is 0. The van der Waals surface area contributed by atoms with Crippen molar-refractivity contribution >= 4 is 5.69 Å². The molecule has 0 amide bonds. The number of nitrogens with zero attached hydrogens (tertiary/aromatic N) is 2. The highest BCUT2D eigenvalue weighted by Crippen LogP contribution is 2.31. The van der Waals surface area contributed by atoms with Gasteiger partial charge in [-0.05, 0) is 29.6 Å². The minimum atomic E-state index is 0.604. The molecule has 0 aliphatic rings. The Kier molecular flexibility index (Phi) is 2.59. The molecular formula is C13H11N2. The van der Waals surface area contributed by atoms with Crippen molar-refractivity contribution in [2.24, 2.45) is 5.11 Å². The van der Waals surface area contributed by atoms with Crippen LogP contribution in [0.1, 0.15) is 5.56 Å². The highest BCUT2D eigenvalue weighted by atomic mass is 15.0. The third-order valence-electron chi connectivity index (χ3n) is 2.45. The molecule has 0 atom stereocenters. The standard InChI is InChI=1S/C13H11N2/c1-10-6-2-3-7-11(10)12-8-4-5-9-13(12)15-14/h2-9H,1H3. The van der Waals surface area contributed by atoms with E-state index < -0.39 is 0 Å². The SMILES string of the molecule is Cc1ccccc1-c1ccccc1N=[N]. The van der Waals surface area contributed by atoms with Gasteiger partial charge in [-0.1, -0.05) is 42.5 Å². The van der Waals surface area contributed by atoms with Gasteiger partial charge in [0.15, 0.2) is 0 Å². The second-order valence-corrected chi connectivity index (χ2v) is 3.43. The molecule has 0 aromatic heterocycles. The molecule has 0 heterocycles. The molecule has 0 saturated heterocycles. The van der Waals surface area contributed by atoms with Crippen LogP contribution in [-0.2, 0) is 0 Å². The van der Waals surface area contributed by atoms with Crippen LogP contribution in [0.15, 0.2) is 53.6 Å². The van der Waals surface area contributed by atoms with E-state index in [0.29, 0.717) is 5.69 Å². The molecule has 2 rings (SSSR count). The van der Waals surface area contributed by atoms with Gasteiger partial charge in [-0.3, -0.25) is 0 Å². The minimum absolute atomic E-state index is 0.604. The van der Waals surface area contributed by atoms with Crippen molar-refractivity contribution in [1.82, 2.24) is 5.53 Å². The predicted octanol–water partition coefficient (Wildman–Crippen LogP) is 3.55. The van der Waals surface area contributed by atoms with E-state index in [1.165, 1.54) is 5.56 Å². The molecular weight excluding hydrogens is 184 g/mol. The van der Waals surface area contributed by atoms with E-state index >= 15 is 0 Å². The molecule has 73 valence electrons. The molecule has 2 aromatic carbocycles. The molecule has 0 spiro atoms. The fraction of sp³-hybridized carbons (Fsp3) is 0.0769. The molecule has 2 heteroatoms. The van der Waals surface area contributed by atoms with Crippen molar-refractivity contribution in [3.8, 4) is 11.1 Å². The Morgan fingerprint density at radius 1 is 0.867 bits per heavy atom. The van der Waals surface area contributed by atoms with Gasteiger partial charge in [-0.25, -0.2) is 0 Å². The summed E-state index contributed by atoms with van der Waals surface area (Å²) in [5, 5.41) is 3.29. The molecule has 2 aromatic rings. The smallest absolute Gasteiger partial charge is 0.0954 e. The zero-order valence-electron chi connectivity index (χ0n) is 8.51. The molecule has 0 unspecified atom stereocenters. The van der Waals surface area contributed by atoms with E-state index in [1.54, 1.807) is 6.07 Å². The van der Waals surface area contributed by atoms with E-state index in [1.807, 2.05) is 49.4 Å². The summed E-state index contributed by atoms with van der Waals surface area (Å²) in [7, 11) is 0. The first kappa shape index (κ1) is 9.59. The van der Waals surface area contributed by atoms with E-state index in [0.717, 1.165) is 11.1 Å². The van der Waals surface area contributed by atoms with Crippen molar-refractivity contribution in [3.05, 3.63) is 54.1 Å². The lowest BCUT2D eigenvalue weighted by molar-refractivity contribution is 1.30. The van der Waals surface area contributed by atoms with Gasteiger partial charge in [0.1, 0.15) is 0 Å². The third-order valence-corrected chi connectivity index (χ3v) is 2.45. The quantitative estimate of drug-likeness (QED) is 0.657. The molecule has 1 radical (unpaired) electrons. The number of rotatable bonds is 2.